The standard InChI is InChI=1S/C26H23F3/c1-3-16-5-7-18(8-6-16)19-10-12-21-20(15-19)11-14-22(25(21)28)23-13-9-17(4-2)24(27)26(23)29/h5-11,13-14H,3-4,12,15H2,1-2H3. The molecule has 0 aliphatic heterocycles. The van der Waals surface area contributed by atoms with Crippen LogP contribution in [0.3, 0.4) is 0 Å². The third-order valence-corrected chi connectivity index (χ3v) is 5.84. The summed E-state index contributed by atoms with van der Waals surface area (Å²) in [4.78, 5) is 0. The second-order valence-electron chi connectivity index (χ2n) is 7.48. The van der Waals surface area contributed by atoms with Crippen LogP contribution in [-0.2, 0) is 25.7 Å². The number of benzene rings is 3. The summed E-state index contributed by atoms with van der Waals surface area (Å²) in [6, 6.07) is 14.9. The second kappa shape index (κ2) is 7.90. The molecular weight excluding hydrogens is 369 g/mol. The molecule has 1 aliphatic carbocycles. The molecule has 0 radical (unpaired) electrons. The van der Waals surface area contributed by atoms with E-state index in [2.05, 4.69) is 31.2 Å². The van der Waals surface area contributed by atoms with Crippen LogP contribution in [0.2, 0.25) is 0 Å². The van der Waals surface area contributed by atoms with Crippen LogP contribution < -0.4 is 0 Å². The van der Waals surface area contributed by atoms with Crippen molar-refractivity contribution in [2.75, 3.05) is 0 Å². The molecule has 0 N–H and O–H groups in total. The van der Waals surface area contributed by atoms with E-state index < -0.39 is 17.5 Å². The van der Waals surface area contributed by atoms with E-state index in [0.717, 1.165) is 23.1 Å². The molecular formula is C26H23F3. The molecule has 0 bridgehead atoms. The van der Waals surface area contributed by atoms with E-state index >= 15 is 4.39 Å². The molecule has 0 atom stereocenters. The van der Waals surface area contributed by atoms with Crippen LogP contribution >= 0.6 is 0 Å². The van der Waals surface area contributed by atoms with Crippen molar-refractivity contribution in [2.45, 2.75) is 39.5 Å². The van der Waals surface area contributed by atoms with Crippen LogP contribution in [-0.4, -0.2) is 0 Å². The highest BCUT2D eigenvalue weighted by molar-refractivity contribution is 5.73. The maximum atomic E-state index is 15.2. The molecule has 3 aromatic rings. The van der Waals surface area contributed by atoms with Gasteiger partial charge in [0.15, 0.2) is 11.6 Å². The Morgan fingerprint density at radius 3 is 2.10 bits per heavy atom. The lowest BCUT2D eigenvalue weighted by atomic mass is 9.85. The van der Waals surface area contributed by atoms with Crippen molar-refractivity contribution in [1.82, 2.24) is 0 Å². The molecule has 1 aliphatic rings. The van der Waals surface area contributed by atoms with Crippen LogP contribution in [0.15, 0.2) is 54.6 Å². The largest absolute Gasteiger partial charge is 0.206 e. The number of rotatable bonds is 4. The lowest BCUT2D eigenvalue weighted by Gasteiger charge is -2.20. The Kier molecular flexibility index (Phi) is 5.31. The van der Waals surface area contributed by atoms with E-state index in [-0.39, 0.29) is 11.1 Å². The zero-order valence-corrected chi connectivity index (χ0v) is 16.7. The molecule has 0 unspecified atom stereocenters. The van der Waals surface area contributed by atoms with Crippen molar-refractivity contribution in [3.05, 3.63) is 99.9 Å². The Morgan fingerprint density at radius 1 is 0.724 bits per heavy atom. The van der Waals surface area contributed by atoms with Gasteiger partial charge >= 0.3 is 0 Å². The highest BCUT2D eigenvalue weighted by atomic mass is 19.2. The predicted octanol–water partition coefficient (Wildman–Crippen LogP) is 7.08. The Bertz CT molecular complexity index is 1090. The van der Waals surface area contributed by atoms with E-state index in [1.807, 2.05) is 12.1 Å². The fourth-order valence-corrected chi connectivity index (χ4v) is 4.00. The number of hydrogen-bond acceptors (Lipinski definition) is 0. The maximum Gasteiger partial charge on any atom is 0.167 e. The SMILES string of the molecule is CCc1ccc(C2=CCc3c(ccc(-c4ccc(CC)c(F)c4F)c3F)C2)cc1. The van der Waals surface area contributed by atoms with Crippen molar-refractivity contribution < 1.29 is 13.2 Å². The van der Waals surface area contributed by atoms with Crippen LogP contribution in [0.5, 0.6) is 0 Å². The van der Waals surface area contributed by atoms with Gasteiger partial charge in [0, 0.05) is 11.1 Å². The number of allylic oxidation sites excluding steroid dienone is 2. The van der Waals surface area contributed by atoms with Crippen LogP contribution in [0.1, 0.15) is 41.7 Å². The van der Waals surface area contributed by atoms with Gasteiger partial charge in [-0.3, -0.25) is 0 Å². The maximum absolute atomic E-state index is 15.2. The lowest BCUT2D eigenvalue weighted by Crippen LogP contribution is -2.07. The second-order valence-corrected chi connectivity index (χ2v) is 7.48. The Morgan fingerprint density at radius 2 is 1.41 bits per heavy atom. The minimum atomic E-state index is -0.980. The molecule has 148 valence electrons. The number of aryl methyl sites for hydroxylation is 2. The van der Waals surface area contributed by atoms with Gasteiger partial charge in [-0.25, -0.2) is 13.2 Å². The zero-order chi connectivity index (χ0) is 20.5. The van der Waals surface area contributed by atoms with Gasteiger partial charge < -0.3 is 0 Å². The van der Waals surface area contributed by atoms with E-state index in [4.69, 9.17) is 0 Å². The molecule has 0 nitrogen and oxygen atoms in total. The molecule has 0 aromatic heterocycles. The summed E-state index contributed by atoms with van der Waals surface area (Å²) in [5.41, 5.74) is 5.44. The quantitative estimate of drug-likeness (QED) is 0.445. The normalized spacial score (nSPS) is 13.2. The van der Waals surface area contributed by atoms with Gasteiger partial charge in [0.1, 0.15) is 5.82 Å². The summed E-state index contributed by atoms with van der Waals surface area (Å²) in [5.74, 6) is -2.33. The smallest absolute Gasteiger partial charge is 0.167 e. The fourth-order valence-electron chi connectivity index (χ4n) is 4.00. The Hall–Kier alpha value is -2.81. The summed E-state index contributed by atoms with van der Waals surface area (Å²) in [6.45, 7) is 3.88. The summed E-state index contributed by atoms with van der Waals surface area (Å²) < 4.78 is 44.0. The van der Waals surface area contributed by atoms with Crippen molar-refractivity contribution in [3.63, 3.8) is 0 Å². The minimum absolute atomic E-state index is 0.0232. The van der Waals surface area contributed by atoms with Crippen molar-refractivity contribution in [3.8, 4) is 11.1 Å². The fraction of sp³-hybridized carbons (Fsp3) is 0.231. The molecule has 0 saturated heterocycles. The lowest BCUT2D eigenvalue weighted by molar-refractivity contribution is 0.501. The van der Waals surface area contributed by atoms with Gasteiger partial charge in [-0.05, 0) is 59.1 Å². The third kappa shape index (κ3) is 3.50. The summed E-state index contributed by atoms with van der Waals surface area (Å²) in [5, 5.41) is 0. The van der Waals surface area contributed by atoms with Crippen molar-refractivity contribution in [2.24, 2.45) is 0 Å². The molecule has 3 heteroatoms. The topological polar surface area (TPSA) is 0 Å². The third-order valence-electron chi connectivity index (χ3n) is 5.84. The van der Waals surface area contributed by atoms with Crippen molar-refractivity contribution >= 4 is 5.57 Å². The average Bonchev–Trinajstić information content (AvgIpc) is 2.76. The molecule has 0 heterocycles. The Balaban J connectivity index is 1.69. The van der Waals surface area contributed by atoms with Crippen LogP contribution in [0.25, 0.3) is 16.7 Å². The van der Waals surface area contributed by atoms with Gasteiger partial charge in [-0.15, -0.1) is 0 Å². The molecule has 0 spiro atoms. The van der Waals surface area contributed by atoms with Gasteiger partial charge in [0.25, 0.3) is 0 Å². The number of hydrogen-bond donors (Lipinski definition) is 0. The first-order valence-corrected chi connectivity index (χ1v) is 10.1. The minimum Gasteiger partial charge on any atom is -0.206 e. The monoisotopic (exact) mass is 392 g/mol. The first kappa shape index (κ1) is 19.5. The highest BCUT2D eigenvalue weighted by Crippen LogP contribution is 2.35. The van der Waals surface area contributed by atoms with Gasteiger partial charge in [-0.2, -0.15) is 0 Å². The van der Waals surface area contributed by atoms with Crippen LogP contribution in [0, 0.1) is 17.5 Å². The average molecular weight is 392 g/mol. The van der Waals surface area contributed by atoms with Gasteiger partial charge in [0.05, 0.1) is 0 Å². The van der Waals surface area contributed by atoms with Gasteiger partial charge in [0.2, 0.25) is 0 Å². The summed E-state index contributed by atoms with van der Waals surface area (Å²) >= 11 is 0. The first-order valence-electron chi connectivity index (χ1n) is 10.1. The molecule has 29 heavy (non-hydrogen) atoms. The summed E-state index contributed by atoms with van der Waals surface area (Å²) in [7, 11) is 0. The van der Waals surface area contributed by atoms with Gasteiger partial charge in [-0.1, -0.05) is 68.5 Å². The number of fused-ring (bicyclic) bond motifs is 1. The zero-order valence-electron chi connectivity index (χ0n) is 16.7. The molecule has 0 saturated carbocycles. The molecule has 0 fully saturated rings. The van der Waals surface area contributed by atoms with E-state index in [0.29, 0.717) is 30.4 Å². The Labute approximate surface area is 169 Å². The molecule has 0 amide bonds. The van der Waals surface area contributed by atoms with Crippen molar-refractivity contribution in [1.29, 1.82) is 0 Å². The molecule has 4 rings (SSSR count). The number of halogens is 3. The van der Waals surface area contributed by atoms with Crippen LogP contribution in [0.4, 0.5) is 13.2 Å². The predicted molar refractivity (Wildman–Crippen MR) is 112 cm³/mol. The van der Waals surface area contributed by atoms with E-state index in [9.17, 15) is 8.78 Å². The van der Waals surface area contributed by atoms with E-state index in [1.165, 1.54) is 17.7 Å². The van der Waals surface area contributed by atoms with E-state index in [1.54, 1.807) is 13.0 Å². The first-order chi connectivity index (χ1) is 14.0. The highest BCUT2D eigenvalue weighted by Gasteiger charge is 2.22. The molecule has 3 aromatic carbocycles. The summed E-state index contributed by atoms with van der Waals surface area (Å²) in [6.07, 6.45) is 4.49.